The first kappa shape index (κ1) is 18.2. The van der Waals surface area contributed by atoms with Crippen LogP contribution in [-0.2, 0) is 0 Å². The highest BCUT2D eigenvalue weighted by Crippen LogP contribution is 2.51. The van der Waals surface area contributed by atoms with Crippen LogP contribution in [0.25, 0.3) is 0 Å². The van der Waals surface area contributed by atoms with Gasteiger partial charge in [0, 0.05) is 6.07 Å². The summed E-state index contributed by atoms with van der Waals surface area (Å²) in [5.74, 6) is 0. The lowest BCUT2D eigenvalue weighted by molar-refractivity contribution is 0.602. The lowest BCUT2D eigenvalue weighted by atomic mass is 10.4. The predicted octanol–water partition coefficient (Wildman–Crippen LogP) is 4.87. The zero-order valence-corrected chi connectivity index (χ0v) is 13.8. The molecule has 3 aromatic rings. The summed E-state index contributed by atoms with van der Waals surface area (Å²) in [6, 6.07) is 25.4. The average Bonchev–Trinajstić information content (AvgIpc) is 3.13. The molecule has 0 aliphatic rings. The highest BCUT2D eigenvalue weighted by Gasteiger charge is 2.42. The Balaban J connectivity index is 0.000000775. The Morgan fingerprint density at radius 2 is 1.14 bits per heavy atom. The summed E-state index contributed by atoms with van der Waals surface area (Å²) in [6.07, 6.45) is 1.76. The second-order valence-electron chi connectivity index (χ2n) is 4.63. The van der Waals surface area contributed by atoms with Crippen LogP contribution >= 0.6 is 7.26 Å². The third-order valence-corrected chi connectivity index (χ3v) is 7.29. The van der Waals surface area contributed by atoms with Crippen LogP contribution in [0.15, 0.2) is 83.5 Å². The van der Waals surface area contributed by atoms with Crippen molar-refractivity contribution >= 4 is 23.4 Å². The lowest BCUT2D eigenvalue weighted by Gasteiger charge is -2.19. The largest absolute Gasteiger partial charge is 0.434 e. The van der Waals surface area contributed by atoms with Gasteiger partial charge in [0.05, 0.1) is 12.9 Å². The van der Waals surface area contributed by atoms with E-state index < -0.39 is 7.26 Å². The molecule has 0 unspecified atom stereocenters. The molecule has 0 amide bonds. The molecule has 0 radical (unpaired) electrons. The topological polar surface area (TPSA) is 13.1 Å². The van der Waals surface area contributed by atoms with Crippen LogP contribution in [0.5, 0.6) is 0 Å². The molecule has 0 atom stereocenters. The normalized spacial score (nSPS) is 10.1. The van der Waals surface area contributed by atoms with Crippen LogP contribution in [-0.4, -0.2) is 6.66 Å². The van der Waals surface area contributed by atoms with Crippen molar-refractivity contribution in [2.24, 2.45) is 0 Å². The van der Waals surface area contributed by atoms with Crippen molar-refractivity contribution in [3.05, 3.63) is 79.1 Å². The van der Waals surface area contributed by atoms with Crippen molar-refractivity contribution in [3.8, 4) is 0 Å². The minimum atomic E-state index is -1.65. The van der Waals surface area contributed by atoms with E-state index in [9.17, 15) is 0 Å². The molecule has 3 rings (SSSR count). The van der Waals surface area contributed by atoms with Crippen molar-refractivity contribution in [3.63, 3.8) is 0 Å². The number of benzene rings is 2. The monoisotopic (exact) mass is 313 g/mol. The molecule has 0 bridgehead atoms. The molecule has 1 heterocycles. The molecular weight excluding hydrogens is 287 g/mol. The third-order valence-electron chi connectivity index (χ3n) is 3.49. The molecule has 0 N–H and O–H groups in total. The van der Waals surface area contributed by atoms with Gasteiger partial charge >= 0.3 is 0 Å². The fraction of sp³-hybridized carbons (Fsp3) is 0.200. The Morgan fingerprint density at radius 1 is 0.682 bits per heavy atom. The number of hydrogen-bond donors (Lipinski definition) is 0. The molecule has 1 aromatic heterocycles. The highest BCUT2D eigenvalue weighted by molar-refractivity contribution is 7.94. The van der Waals surface area contributed by atoms with E-state index in [0.29, 0.717) is 0 Å². The van der Waals surface area contributed by atoms with Crippen molar-refractivity contribution in [2.45, 2.75) is 21.3 Å². The summed E-state index contributed by atoms with van der Waals surface area (Å²) < 4.78 is 5.76. The van der Waals surface area contributed by atoms with Gasteiger partial charge in [-0.3, -0.25) is 0 Å². The standard InChI is InChI=1S/C17H16OP.C2H6.CH4/c1-19(17-13-8-14-18-17,15-9-4-2-5-10-15)16-11-6-3-7-12-16;1-2;/h2-14H,1H3;1-2H3;1H4/q+1;;. The van der Waals surface area contributed by atoms with Gasteiger partial charge in [-0.2, -0.15) is 0 Å². The first-order valence-corrected chi connectivity index (χ1v) is 9.57. The predicted molar refractivity (Wildman–Crippen MR) is 101 cm³/mol. The van der Waals surface area contributed by atoms with Gasteiger partial charge in [0.15, 0.2) is 0 Å². The lowest BCUT2D eigenvalue weighted by Crippen LogP contribution is -2.29. The molecule has 0 saturated carbocycles. The summed E-state index contributed by atoms with van der Waals surface area (Å²) in [5, 5.41) is 2.69. The summed E-state index contributed by atoms with van der Waals surface area (Å²) >= 11 is 0. The van der Waals surface area contributed by atoms with E-state index in [2.05, 4.69) is 73.4 Å². The average molecular weight is 313 g/mol. The number of rotatable bonds is 3. The SMILES string of the molecule is C.CC.C[P+](c1ccccc1)(c1ccccc1)c1ccco1. The Morgan fingerprint density at radius 3 is 1.50 bits per heavy atom. The minimum absolute atomic E-state index is 0. The third kappa shape index (κ3) is 3.48. The molecule has 22 heavy (non-hydrogen) atoms. The van der Waals surface area contributed by atoms with Gasteiger partial charge in [-0.15, -0.1) is 0 Å². The van der Waals surface area contributed by atoms with E-state index in [-0.39, 0.29) is 7.43 Å². The second-order valence-corrected chi connectivity index (χ2v) is 8.11. The maximum Gasteiger partial charge on any atom is 0.255 e. The number of hydrogen-bond acceptors (Lipinski definition) is 1. The Hall–Kier alpha value is -1.85. The van der Waals surface area contributed by atoms with E-state index in [0.717, 1.165) is 5.50 Å². The van der Waals surface area contributed by atoms with Crippen LogP contribution in [0.2, 0.25) is 0 Å². The van der Waals surface area contributed by atoms with E-state index in [1.165, 1.54) is 10.6 Å². The summed E-state index contributed by atoms with van der Waals surface area (Å²) in [6.45, 7) is 6.32. The van der Waals surface area contributed by atoms with Crippen LogP contribution in [0.4, 0.5) is 0 Å². The van der Waals surface area contributed by atoms with Gasteiger partial charge in [0.2, 0.25) is 0 Å². The van der Waals surface area contributed by atoms with Crippen molar-refractivity contribution in [1.29, 1.82) is 0 Å². The van der Waals surface area contributed by atoms with Crippen molar-refractivity contribution in [1.82, 2.24) is 0 Å². The molecule has 2 aromatic carbocycles. The fourth-order valence-electron chi connectivity index (χ4n) is 2.38. The van der Waals surface area contributed by atoms with Gasteiger partial charge in [-0.05, 0) is 30.3 Å². The van der Waals surface area contributed by atoms with Crippen LogP contribution in [0, 0.1) is 0 Å². The Kier molecular flexibility index (Phi) is 7.08. The van der Waals surface area contributed by atoms with Crippen LogP contribution in [0.3, 0.4) is 0 Å². The zero-order chi connectivity index (χ0) is 15.1. The van der Waals surface area contributed by atoms with E-state index in [1.54, 1.807) is 6.26 Å². The molecular formula is C20H26OP+. The molecule has 0 aliphatic carbocycles. The van der Waals surface area contributed by atoms with Crippen LogP contribution < -0.4 is 16.1 Å². The zero-order valence-electron chi connectivity index (χ0n) is 12.9. The molecule has 0 spiro atoms. The van der Waals surface area contributed by atoms with Crippen LogP contribution in [0.1, 0.15) is 21.3 Å². The Bertz CT molecular complexity index is 590. The van der Waals surface area contributed by atoms with Gasteiger partial charge in [-0.1, -0.05) is 57.7 Å². The first-order valence-electron chi connectivity index (χ1n) is 7.33. The van der Waals surface area contributed by atoms with E-state index >= 15 is 0 Å². The quantitative estimate of drug-likeness (QED) is 0.629. The molecule has 1 nitrogen and oxygen atoms in total. The highest BCUT2D eigenvalue weighted by atomic mass is 31.2. The smallest absolute Gasteiger partial charge is 0.255 e. The van der Waals surface area contributed by atoms with Crippen molar-refractivity contribution in [2.75, 3.05) is 6.66 Å². The summed E-state index contributed by atoms with van der Waals surface area (Å²) in [7, 11) is -1.65. The van der Waals surface area contributed by atoms with E-state index in [4.69, 9.17) is 4.42 Å². The van der Waals surface area contributed by atoms with E-state index in [1.807, 2.05) is 19.9 Å². The summed E-state index contributed by atoms with van der Waals surface area (Å²) in [4.78, 5) is 0. The minimum Gasteiger partial charge on any atom is -0.434 e. The molecule has 0 fully saturated rings. The van der Waals surface area contributed by atoms with Gasteiger partial charge < -0.3 is 4.42 Å². The maximum absolute atomic E-state index is 5.76. The maximum atomic E-state index is 5.76. The Labute approximate surface area is 135 Å². The molecule has 116 valence electrons. The molecule has 2 heteroatoms. The summed E-state index contributed by atoms with van der Waals surface area (Å²) in [5.41, 5.74) is 1.07. The molecule has 0 saturated heterocycles. The molecule has 0 aliphatic heterocycles. The van der Waals surface area contributed by atoms with Crippen molar-refractivity contribution < 1.29 is 4.42 Å². The first-order chi connectivity index (χ1) is 10.3. The fourth-order valence-corrected chi connectivity index (χ4v) is 5.38. The van der Waals surface area contributed by atoms with Gasteiger partial charge in [-0.25, -0.2) is 0 Å². The van der Waals surface area contributed by atoms with Gasteiger partial charge in [0.25, 0.3) is 5.50 Å². The second kappa shape index (κ2) is 8.56. The number of furan rings is 1. The van der Waals surface area contributed by atoms with Gasteiger partial charge in [0.1, 0.15) is 17.9 Å².